The van der Waals surface area contributed by atoms with Crippen LogP contribution >= 0.6 is 0 Å². The summed E-state index contributed by atoms with van der Waals surface area (Å²) in [6.07, 6.45) is 0. The molecule has 1 aliphatic rings. The molecular formula is C13H19BN2O4. The maximum Gasteiger partial charge on any atom is 0.504 e. The van der Waals surface area contributed by atoms with Crippen molar-refractivity contribution in [2.24, 2.45) is 0 Å². The molecule has 1 aliphatic heterocycles. The van der Waals surface area contributed by atoms with Gasteiger partial charge in [-0.3, -0.25) is 9.69 Å². The van der Waals surface area contributed by atoms with Crippen LogP contribution in [0.4, 0.5) is 0 Å². The molecule has 1 heterocycles. The molecule has 1 aromatic rings. The summed E-state index contributed by atoms with van der Waals surface area (Å²) in [4.78, 5) is 14.2. The van der Waals surface area contributed by atoms with E-state index in [0.717, 1.165) is 32.8 Å². The van der Waals surface area contributed by atoms with E-state index in [1.807, 2.05) is 0 Å². The number of morpholine rings is 1. The molecule has 20 heavy (non-hydrogen) atoms. The molecule has 2 N–H and O–H groups in total. The van der Waals surface area contributed by atoms with Crippen LogP contribution in [0.3, 0.4) is 0 Å². The molecule has 6 nitrogen and oxygen atoms in total. The second kappa shape index (κ2) is 7.89. The van der Waals surface area contributed by atoms with Gasteiger partial charge in [0.1, 0.15) is 5.75 Å². The van der Waals surface area contributed by atoms with Crippen molar-refractivity contribution in [3.63, 3.8) is 0 Å². The van der Waals surface area contributed by atoms with Gasteiger partial charge in [0.15, 0.2) is 0 Å². The van der Waals surface area contributed by atoms with Crippen LogP contribution in [0.5, 0.6) is 5.75 Å². The van der Waals surface area contributed by atoms with Gasteiger partial charge in [-0.05, 0) is 24.3 Å². The molecule has 108 valence electrons. The van der Waals surface area contributed by atoms with E-state index in [1.54, 1.807) is 24.3 Å². The topological polar surface area (TPSA) is 71.0 Å². The monoisotopic (exact) mass is 278 g/mol. The number of hydrogen-bond donors (Lipinski definition) is 2. The van der Waals surface area contributed by atoms with E-state index >= 15 is 0 Å². The van der Waals surface area contributed by atoms with Crippen molar-refractivity contribution in [1.82, 2.24) is 10.2 Å². The van der Waals surface area contributed by atoms with E-state index < -0.39 is 0 Å². The number of rotatable bonds is 6. The summed E-state index contributed by atoms with van der Waals surface area (Å²) in [5.41, 5.74) is 0.581. The van der Waals surface area contributed by atoms with Crippen LogP contribution in [0.25, 0.3) is 0 Å². The minimum atomic E-state index is -0.370. The Labute approximate surface area is 119 Å². The SMILES string of the molecule is O=C(NCCN1CCOCC1)c1ccc(OBO)cc1. The average Bonchev–Trinajstić information content (AvgIpc) is 2.49. The van der Waals surface area contributed by atoms with Gasteiger partial charge in [-0.2, -0.15) is 0 Å². The number of nitrogens with zero attached hydrogens (tertiary/aromatic N) is 1. The third-order valence-electron chi connectivity index (χ3n) is 3.17. The van der Waals surface area contributed by atoms with Gasteiger partial charge in [0, 0.05) is 31.7 Å². The van der Waals surface area contributed by atoms with Crippen molar-refractivity contribution in [2.75, 3.05) is 39.4 Å². The fourth-order valence-electron chi connectivity index (χ4n) is 2.03. The Morgan fingerprint density at radius 1 is 1.35 bits per heavy atom. The summed E-state index contributed by atoms with van der Waals surface area (Å²) in [5, 5.41) is 11.5. The average molecular weight is 278 g/mol. The Morgan fingerprint density at radius 2 is 2.05 bits per heavy atom. The third-order valence-corrected chi connectivity index (χ3v) is 3.17. The Hall–Kier alpha value is -1.57. The molecule has 7 heteroatoms. The Balaban J connectivity index is 1.73. The number of carbonyl (C=O) groups is 1. The molecule has 1 saturated heterocycles. The van der Waals surface area contributed by atoms with Gasteiger partial charge in [0.2, 0.25) is 0 Å². The zero-order valence-corrected chi connectivity index (χ0v) is 11.4. The van der Waals surface area contributed by atoms with Crippen LogP contribution in [0.2, 0.25) is 0 Å². The molecule has 1 amide bonds. The first-order chi connectivity index (χ1) is 9.79. The van der Waals surface area contributed by atoms with Crippen LogP contribution in [0, 0.1) is 0 Å². The summed E-state index contributed by atoms with van der Waals surface area (Å²) in [6, 6.07) is 6.67. The predicted molar refractivity (Wildman–Crippen MR) is 76.0 cm³/mol. The summed E-state index contributed by atoms with van der Waals surface area (Å²) in [5.74, 6) is 0.436. The molecule has 0 aliphatic carbocycles. The van der Waals surface area contributed by atoms with Gasteiger partial charge in [-0.15, -0.1) is 0 Å². The molecular weight excluding hydrogens is 259 g/mol. The fourth-order valence-corrected chi connectivity index (χ4v) is 2.03. The van der Waals surface area contributed by atoms with E-state index in [4.69, 9.17) is 14.4 Å². The lowest BCUT2D eigenvalue weighted by Gasteiger charge is -2.26. The standard InChI is InChI=1S/C13H19BN2O4/c17-13(11-1-3-12(4-2-11)20-14-18)15-5-6-16-7-9-19-10-8-16/h1-4,14,18H,5-10H2,(H,15,17). The Kier molecular flexibility index (Phi) is 5.85. The predicted octanol–water partition coefficient (Wildman–Crippen LogP) is -0.614. The van der Waals surface area contributed by atoms with E-state index in [9.17, 15) is 4.79 Å². The number of amides is 1. The molecule has 0 bridgehead atoms. The highest BCUT2D eigenvalue weighted by Crippen LogP contribution is 2.11. The largest absolute Gasteiger partial charge is 0.539 e. The van der Waals surface area contributed by atoms with Gasteiger partial charge in [-0.1, -0.05) is 0 Å². The van der Waals surface area contributed by atoms with Crippen LogP contribution in [-0.4, -0.2) is 62.9 Å². The first-order valence-corrected chi connectivity index (χ1v) is 6.71. The van der Waals surface area contributed by atoms with Gasteiger partial charge >= 0.3 is 7.69 Å². The smallest absolute Gasteiger partial charge is 0.504 e. The molecule has 0 spiro atoms. The number of ether oxygens (including phenoxy) is 1. The van der Waals surface area contributed by atoms with Crippen molar-refractivity contribution in [2.45, 2.75) is 0 Å². The van der Waals surface area contributed by atoms with Crippen LogP contribution in [-0.2, 0) is 4.74 Å². The van der Waals surface area contributed by atoms with Crippen molar-refractivity contribution in [3.05, 3.63) is 29.8 Å². The highest BCUT2D eigenvalue weighted by molar-refractivity contribution is 6.17. The summed E-state index contributed by atoms with van der Waals surface area (Å²) in [7, 11) is -0.370. The minimum Gasteiger partial charge on any atom is -0.539 e. The minimum absolute atomic E-state index is 0.103. The van der Waals surface area contributed by atoms with Gasteiger partial charge in [-0.25, -0.2) is 0 Å². The second-order valence-corrected chi connectivity index (χ2v) is 4.51. The Bertz CT molecular complexity index is 421. The van der Waals surface area contributed by atoms with E-state index in [0.29, 0.717) is 17.9 Å². The van der Waals surface area contributed by atoms with Gasteiger partial charge in [0.05, 0.1) is 13.2 Å². The first-order valence-electron chi connectivity index (χ1n) is 6.71. The van der Waals surface area contributed by atoms with Crippen molar-refractivity contribution in [1.29, 1.82) is 0 Å². The quantitative estimate of drug-likeness (QED) is 0.679. The molecule has 0 unspecified atom stereocenters. The third kappa shape index (κ3) is 4.52. The molecule has 0 atom stereocenters. The lowest BCUT2D eigenvalue weighted by atomic mass is 10.2. The van der Waals surface area contributed by atoms with Crippen LogP contribution in [0.1, 0.15) is 10.4 Å². The van der Waals surface area contributed by atoms with Crippen molar-refractivity contribution < 1.29 is 19.2 Å². The fraction of sp³-hybridized carbons (Fsp3) is 0.462. The normalized spacial score (nSPS) is 15.7. The Morgan fingerprint density at radius 3 is 2.70 bits per heavy atom. The second-order valence-electron chi connectivity index (χ2n) is 4.51. The number of carbonyl (C=O) groups excluding carboxylic acids is 1. The zero-order valence-electron chi connectivity index (χ0n) is 11.4. The highest BCUT2D eigenvalue weighted by Gasteiger charge is 2.10. The van der Waals surface area contributed by atoms with E-state index in [-0.39, 0.29) is 13.6 Å². The van der Waals surface area contributed by atoms with Crippen molar-refractivity contribution >= 4 is 13.6 Å². The molecule has 1 aromatic carbocycles. The van der Waals surface area contributed by atoms with Gasteiger partial charge < -0.3 is 19.7 Å². The lowest BCUT2D eigenvalue weighted by molar-refractivity contribution is 0.0383. The van der Waals surface area contributed by atoms with Gasteiger partial charge in [0.25, 0.3) is 5.91 Å². The summed E-state index contributed by atoms with van der Waals surface area (Å²) < 4.78 is 10.2. The highest BCUT2D eigenvalue weighted by atomic mass is 16.5. The summed E-state index contributed by atoms with van der Waals surface area (Å²) in [6.45, 7) is 4.82. The summed E-state index contributed by atoms with van der Waals surface area (Å²) >= 11 is 0. The zero-order chi connectivity index (χ0) is 14.2. The molecule has 2 rings (SSSR count). The van der Waals surface area contributed by atoms with E-state index in [1.165, 1.54) is 0 Å². The lowest BCUT2D eigenvalue weighted by Crippen LogP contribution is -2.41. The van der Waals surface area contributed by atoms with Crippen molar-refractivity contribution in [3.8, 4) is 5.75 Å². The van der Waals surface area contributed by atoms with Crippen LogP contribution < -0.4 is 9.97 Å². The molecule has 1 fully saturated rings. The van der Waals surface area contributed by atoms with E-state index in [2.05, 4.69) is 10.2 Å². The number of hydrogen-bond acceptors (Lipinski definition) is 5. The number of nitrogens with one attached hydrogen (secondary N) is 1. The van der Waals surface area contributed by atoms with Crippen LogP contribution in [0.15, 0.2) is 24.3 Å². The maximum absolute atomic E-state index is 11.9. The molecule has 0 aromatic heterocycles. The molecule has 0 radical (unpaired) electrons. The number of benzene rings is 1. The first kappa shape index (κ1) is 14.8. The maximum atomic E-state index is 11.9. The molecule has 0 saturated carbocycles.